The Morgan fingerprint density at radius 3 is 2.33 bits per heavy atom. The van der Waals surface area contributed by atoms with Crippen LogP contribution >= 0.6 is 15.9 Å². The van der Waals surface area contributed by atoms with Gasteiger partial charge >= 0.3 is 0 Å². The number of hydrogen-bond donors (Lipinski definition) is 0. The van der Waals surface area contributed by atoms with Gasteiger partial charge in [-0.25, -0.2) is 0 Å². The molecule has 2 rings (SSSR count). The van der Waals surface area contributed by atoms with E-state index in [1.54, 1.807) is 0 Å². The highest BCUT2D eigenvalue weighted by molar-refractivity contribution is 9.08. The van der Waals surface area contributed by atoms with E-state index in [1.807, 2.05) is 55.5 Å². The molecule has 0 aliphatic heterocycles. The standard InChI is InChI=1S/C17H19BrO3/c1-2-19-17-12-14(13-18)8-9-16(17)21-11-10-20-15-6-4-3-5-7-15/h3-9,12H,2,10-11,13H2,1H3. The molecule has 2 aromatic carbocycles. The second kappa shape index (κ2) is 8.57. The summed E-state index contributed by atoms with van der Waals surface area (Å²) in [5.41, 5.74) is 1.16. The molecule has 0 saturated carbocycles. The van der Waals surface area contributed by atoms with Crippen LogP contribution in [0.5, 0.6) is 17.2 Å². The van der Waals surface area contributed by atoms with E-state index in [0.29, 0.717) is 19.8 Å². The number of hydrogen-bond acceptors (Lipinski definition) is 3. The van der Waals surface area contributed by atoms with E-state index in [9.17, 15) is 0 Å². The van der Waals surface area contributed by atoms with Crippen molar-refractivity contribution in [3.63, 3.8) is 0 Å². The van der Waals surface area contributed by atoms with Gasteiger partial charge in [0.1, 0.15) is 19.0 Å². The van der Waals surface area contributed by atoms with Crippen LogP contribution in [-0.2, 0) is 5.33 Å². The molecule has 0 amide bonds. The topological polar surface area (TPSA) is 27.7 Å². The van der Waals surface area contributed by atoms with Crippen molar-refractivity contribution in [1.82, 2.24) is 0 Å². The van der Waals surface area contributed by atoms with Gasteiger partial charge in [-0.15, -0.1) is 0 Å². The first-order valence-corrected chi connectivity index (χ1v) is 8.08. The zero-order valence-electron chi connectivity index (χ0n) is 12.0. The number of halogens is 1. The van der Waals surface area contributed by atoms with Gasteiger partial charge in [0.15, 0.2) is 11.5 Å². The highest BCUT2D eigenvalue weighted by atomic mass is 79.9. The minimum Gasteiger partial charge on any atom is -0.490 e. The van der Waals surface area contributed by atoms with Crippen molar-refractivity contribution in [2.24, 2.45) is 0 Å². The quantitative estimate of drug-likeness (QED) is 0.520. The van der Waals surface area contributed by atoms with Crippen LogP contribution in [0.25, 0.3) is 0 Å². The van der Waals surface area contributed by atoms with Crippen LogP contribution in [0.15, 0.2) is 48.5 Å². The highest BCUT2D eigenvalue weighted by Gasteiger charge is 2.06. The third kappa shape index (κ3) is 4.97. The third-order valence-corrected chi connectivity index (χ3v) is 3.46. The number of para-hydroxylation sites is 1. The van der Waals surface area contributed by atoms with E-state index in [0.717, 1.165) is 28.1 Å². The zero-order valence-corrected chi connectivity index (χ0v) is 13.6. The molecule has 0 aliphatic rings. The van der Waals surface area contributed by atoms with Crippen molar-refractivity contribution in [3.8, 4) is 17.2 Å². The van der Waals surface area contributed by atoms with Crippen molar-refractivity contribution in [3.05, 3.63) is 54.1 Å². The van der Waals surface area contributed by atoms with Crippen LogP contribution in [0, 0.1) is 0 Å². The van der Waals surface area contributed by atoms with Crippen molar-refractivity contribution >= 4 is 15.9 Å². The minimum absolute atomic E-state index is 0.475. The van der Waals surface area contributed by atoms with Crippen LogP contribution in [0.3, 0.4) is 0 Å². The first kappa shape index (κ1) is 15.7. The molecule has 0 N–H and O–H groups in total. The predicted molar refractivity (Wildman–Crippen MR) is 87.7 cm³/mol. The Kier molecular flexibility index (Phi) is 6.41. The van der Waals surface area contributed by atoms with Gasteiger partial charge in [-0.05, 0) is 36.8 Å². The second-order valence-corrected chi connectivity index (χ2v) is 4.92. The molecule has 112 valence electrons. The maximum Gasteiger partial charge on any atom is 0.161 e. The lowest BCUT2D eigenvalue weighted by atomic mass is 10.2. The first-order valence-electron chi connectivity index (χ1n) is 6.96. The van der Waals surface area contributed by atoms with Crippen molar-refractivity contribution in [1.29, 1.82) is 0 Å². The van der Waals surface area contributed by atoms with Gasteiger partial charge in [0, 0.05) is 5.33 Å². The van der Waals surface area contributed by atoms with Crippen LogP contribution in [0.2, 0.25) is 0 Å². The molecule has 21 heavy (non-hydrogen) atoms. The largest absolute Gasteiger partial charge is 0.490 e. The van der Waals surface area contributed by atoms with E-state index >= 15 is 0 Å². The van der Waals surface area contributed by atoms with E-state index in [-0.39, 0.29) is 0 Å². The van der Waals surface area contributed by atoms with Gasteiger partial charge < -0.3 is 14.2 Å². The van der Waals surface area contributed by atoms with E-state index in [1.165, 1.54) is 0 Å². The van der Waals surface area contributed by atoms with E-state index in [4.69, 9.17) is 14.2 Å². The second-order valence-electron chi connectivity index (χ2n) is 4.36. The van der Waals surface area contributed by atoms with Gasteiger partial charge in [-0.1, -0.05) is 40.2 Å². The lowest BCUT2D eigenvalue weighted by molar-refractivity contribution is 0.208. The van der Waals surface area contributed by atoms with Crippen LogP contribution in [0.1, 0.15) is 12.5 Å². The maximum absolute atomic E-state index is 5.75. The number of rotatable bonds is 8. The molecule has 0 heterocycles. The monoisotopic (exact) mass is 350 g/mol. The Labute approximate surface area is 134 Å². The van der Waals surface area contributed by atoms with Gasteiger partial charge in [0.05, 0.1) is 6.61 Å². The average Bonchev–Trinajstić information content (AvgIpc) is 2.54. The van der Waals surface area contributed by atoms with Gasteiger partial charge in [-0.2, -0.15) is 0 Å². The molecule has 4 heteroatoms. The summed E-state index contributed by atoms with van der Waals surface area (Å²) in [6.07, 6.45) is 0. The fourth-order valence-corrected chi connectivity index (χ4v) is 2.20. The summed E-state index contributed by atoms with van der Waals surface area (Å²) < 4.78 is 17.0. The minimum atomic E-state index is 0.475. The maximum atomic E-state index is 5.75. The molecule has 0 radical (unpaired) electrons. The lowest BCUT2D eigenvalue weighted by Gasteiger charge is -2.13. The summed E-state index contributed by atoms with van der Waals surface area (Å²) >= 11 is 3.44. The molecular formula is C17H19BrO3. The average molecular weight is 351 g/mol. The molecule has 0 atom stereocenters. The highest BCUT2D eigenvalue weighted by Crippen LogP contribution is 2.29. The van der Waals surface area contributed by atoms with Gasteiger partial charge in [-0.3, -0.25) is 0 Å². The molecule has 0 aromatic heterocycles. The summed E-state index contributed by atoms with van der Waals surface area (Å²) in [5, 5.41) is 0.796. The summed E-state index contributed by atoms with van der Waals surface area (Å²) in [6.45, 7) is 3.55. The number of benzene rings is 2. The summed E-state index contributed by atoms with van der Waals surface area (Å²) in [4.78, 5) is 0. The van der Waals surface area contributed by atoms with Crippen LogP contribution in [0.4, 0.5) is 0 Å². The SMILES string of the molecule is CCOc1cc(CBr)ccc1OCCOc1ccccc1. The molecule has 3 nitrogen and oxygen atoms in total. The first-order chi connectivity index (χ1) is 10.3. The Morgan fingerprint density at radius 2 is 1.62 bits per heavy atom. The Morgan fingerprint density at radius 1 is 0.857 bits per heavy atom. The lowest BCUT2D eigenvalue weighted by Crippen LogP contribution is -2.10. The Bertz CT molecular complexity index is 543. The van der Waals surface area contributed by atoms with Crippen LogP contribution in [-0.4, -0.2) is 19.8 Å². The molecule has 0 bridgehead atoms. The fraction of sp³-hybridized carbons (Fsp3) is 0.294. The molecule has 0 fully saturated rings. The van der Waals surface area contributed by atoms with E-state index < -0.39 is 0 Å². The molecule has 2 aromatic rings. The van der Waals surface area contributed by atoms with Crippen molar-refractivity contribution in [2.75, 3.05) is 19.8 Å². The zero-order chi connectivity index (χ0) is 14.9. The van der Waals surface area contributed by atoms with Gasteiger partial charge in [0.2, 0.25) is 0 Å². The Balaban J connectivity index is 1.87. The summed E-state index contributed by atoms with van der Waals surface area (Å²) in [7, 11) is 0. The molecule has 0 spiro atoms. The third-order valence-electron chi connectivity index (χ3n) is 2.82. The Hall–Kier alpha value is -1.68. The molecule has 0 aliphatic carbocycles. The van der Waals surface area contributed by atoms with Crippen molar-refractivity contribution < 1.29 is 14.2 Å². The number of ether oxygens (including phenoxy) is 3. The fourth-order valence-electron chi connectivity index (χ4n) is 1.85. The molecule has 0 saturated heterocycles. The predicted octanol–water partition coefficient (Wildman–Crippen LogP) is 4.44. The molecule has 0 unspecified atom stereocenters. The van der Waals surface area contributed by atoms with Crippen molar-refractivity contribution in [2.45, 2.75) is 12.3 Å². The number of alkyl halides is 1. The van der Waals surface area contributed by atoms with Gasteiger partial charge in [0.25, 0.3) is 0 Å². The van der Waals surface area contributed by atoms with Crippen LogP contribution < -0.4 is 14.2 Å². The summed E-state index contributed by atoms with van der Waals surface area (Å²) in [5.74, 6) is 2.37. The summed E-state index contributed by atoms with van der Waals surface area (Å²) in [6, 6.07) is 15.7. The normalized spacial score (nSPS) is 10.2. The smallest absolute Gasteiger partial charge is 0.161 e. The van der Waals surface area contributed by atoms with E-state index in [2.05, 4.69) is 15.9 Å². The molecular weight excluding hydrogens is 332 g/mol.